The highest BCUT2D eigenvalue weighted by molar-refractivity contribution is 5.67. The van der Waals surface area contributed by atoms with Crippen molar-refractivity contribution >= 4 is 0 Å². The van der Waals surface area contributed by atoms with Crippen LogP contribution in [0.25, 0.3) is 11.3 Å². The lowest BCUT2D eigenvalue weighted by molar-refractivity contribution is 0.150. The molecule has 0 radical (unpaired) electrons. The number of hydrogen-bond acceptors (Lipinski definition) is 4. The number of rotatable bonds is 4. The van der Waals surface area contributed by atoms with Gasteiger partial charge in [-0.1, -0.05) is 6.07 Å². The second-order valence-electron chi connectivity index (χ2n) is 4.84. The first-order valence-corrected chi connectivity index (χ1v) is 6.77. The number of halogens is 4. The van der Waals surface area contributed by atoms with Crippen LogP contribution in [-0.2, 0) is 0 Å². The van der Waals surface area contributed by atoms with Crippen molar-refractivity contribution < 1.29 is 26.7 Å². The van der Waals surface area contributed by atoms with Gasteiger partial charge in [0.25, 0.3) is 12.3 Å². The predicted molar refractivity (Wildman–Crippen MR) is 75.9 cm³/mol. The van der Waals surface area contributed by atoms with E-state index in [0.717, 1.165) is 24.7 Å². The summed E-state index contributed by atoms with van der Waals surface area (Å²) in [6, 6.07) is 4.78. The summed E-state index contributed by atoms with van der Waals surface area (Å²) in [4.78, 5) is 7.31. The Balaban J connectivity index is 2.06. The van der Waals surface area contributed by atoms with Crippen molar-refractivity contribution in [1.82, 2.24) is 9.97 Å². The second kappa shape index (κ2) is 6.31. The van der Waals surface area contributed by atoms with Gasteiger partial charge in [-0.3, -0.25) is 0 Å². The van der Waals surface area contributed by atoms with Crippen molar-refractivity contribution in [3.05, 3.63) is 59.7 Å². The topological polar surface area (TPSA) is 48.2 Å². The standard InChI is InChI=1S/C16H10F4N2O2/c1-8-14(18)16(22-7-21-8)24-11-4-2-3-10(17)13(11)12-5-9(6-23-12)15(19)20/h2-7,15H,1H3. The van der Waals surface area contributed by atoms with Crippen LogP contribution < -0.4 is 4.74 Å². The molecule has 0 spiro atoms. The molecule has 124 valence electrons. The minimum absolute atomic E-state index is 0.0518. The van der Waals surface area contributed by atoms with Crippen molar-refractivity contribution in [1.29, 1.82) is 0 Å². The van der Waals surface area contributed by atoms with Gasteiger partial charge in [-0.25, -0.2) is 18.2 Å². The Morgan fingerprint density at radius 3 is 2.67 bits per heavy atom. The number of ether oxygens (including phenoxy) is 1. The van der Waals surface area contributed by atoms with Crippen molar-refractivity contribution in [2.45, 2.75) is 13.3 Å². The Bertz CT molecular complexity index is 880. The number of aromatic nitrogens is 2. The fraction of sp³-hybridized carbons (Fsp3) is 0.125. The summed E-state index contributed by atoms with van der Waals surface area (Å²) >= 11 is 0. The Morgan fingerprint density at radius 2 is 1.96 bits per heavy atom. The van der Waals surface area contributed by atoms with E-state index in [1.807, 2.05) is 0 Å². The molecule has 2 aromatic heterocycles. The van der Waals surface area contributed by atoms with E-state index in [9.17, 15) is 17.6 Å². The summed E-state index contributed by atoms with van der Waals surface area (Å²) in [7, 11) is 0. The van der Waals surface area contributed by atoms with Gasteiger partial charge in [0.15, 0.2) is 0 Å². The molecule has 0 saturated carbocycles. The SMILES string of the molecule is Cc1ncnc(Oc2cccc(F)c2-c2cc(C(F)F)co2)c1F. The Morgan fingerprint density at radius 1 is 1.17 bits per heavy atom. The summed E-state index contributed by atoms with van der Waals surface area (Å²) in [5.74, 6) is -2.27. The van der Waals surface area contributed by atoms with Gasteiger partial charge < -0.3 is 9.15 Å². The Labute approximate surface area is 133 Å². The summed E-state index contributed by atoms with van der Waals surface area (Å²) in [5, 5.41) is 0. The van der Waals surface area contributed by atoms with Gasteiger partial charge in [0.1, 0.15) is 29.9 Å². The van der Waals surface area contributed by atoms with Crippen molar-refractivity contribution in [2.75, 3.05) is 0 Å². The number of hydrogen-bond donors (Lipinski definition) is 0. The summed E-state index contributed by atoms with van der Waals surface area (Å²) < 4.78 is 63.8. The van der Waals surface area contributed by atoms with Gasteiger partial charge >= 0.3 is 0 Å². The lowest BCUT2D eigenvalue weighted by Crippen LogP contribution is -1.98. The van der Waals surface area contributed by atoms with Crippen LogP contribution in [0.15, 0.2) is 41.3 Å². The molecule has 0 aliphatic heterocycles. The van der Waals surface area contributed by atoms with Crippen LogP contribution in [0, 0.1) is 18.6 Å². The number of benzene rings is 1. The molecule has 0 bridgehead atoms. The molecule has 0 aliphatic rings. The largest absolute Gasteiger partial charge is 0.464 e. The van der Waals surface area contributed by atoms with Crippen LogP contribution in [0.4, 0.5) is 17.6 Å². The van der Waals surface area contributed by atoms with Crippen LogP contribution in [-0.4, -0.2) is 9.97 Å². The van der Waals surface area contributed by atoms with Gasteiger partial charge in [0.2, 0.25) is 5.82 Å². The number of aryl methyl sites for hydroxylation is 1. The highest BCUT2D eigenvalue weighted by Crippen LogP contribution is 2.37. The maximum atomic E-state index is 14.2. The average Bonchev–Trinajstić information content (AvgIpc) is 3.02. The molecule has 0 saturated heterocycles. The van der Waals surface area contributed by atoms with Crippen LogP contribution in [0.3, 0.4) is 0 Å². The first-order valence-electron chi connectivity index (χ1n) is 6.77. The minimum atomic E-state index is -2.76. The molecule has 8 heteroatoms. The highest BCUT2D eigenvalue weighted by atomic mass is 19.3. The van der Waals surface area contributed by atoms with Gasteiger partial charge in [-0.05, 0) is 25.1 Å². The molecule has 0 aliphatic carbocycles. The fourth-order valence-electron chi connectivity index (χ4n) is 2.04. The van der Waals surface area contributed by atoms with Gasteiger partial charge in [0.05, 0.1) is 16.8 Å². The third-order valence-corrected chi connectivity index (χ3v) is 3.23. The monoisotopic (exact) mass is 338 g/mol. The van der Waals surface area contributed by atoms with E-state index in [1.165, 1.54) is 19.1 Å². The average molecular weight is 338 g/mol. The van der Waals surface area contributed by atoms with Crippen LogP contribution in [0.5, 0.6) is 11.6 Å². The molecule has 3 rings (SSSR count). The first-order chi connectivity index (χ1) is 11.5. The van der Waals surface area contributed by atoms with E-state index in [4.69, 9.17) is 9.15 Å². The maximum Gasteiger partial charge on any atom is 0.266 e. The molecule has 4 nitrogen and oxygen atoms in total. The minimum Gasteiger partial charge on any atom is -0.464 e. The van der Waals surface area contributed by atoms with E-state index in [1.54, 1.807) is 0 Å². The van der Waals surface area contributed by atoms with Crippen molar-refractivity contribution in [3.8, 4) is 23.0 Å². The van der Waals surface area contributed by atoms with E-state index < -0.39 is 29.5 Å². The third kappa shape index (κ3) is 2.94. The Hall–Kier alpha value is -2.90. The third-order valence-electron chi connectivity index (χ3n) is 3.23. The molecule has 0 atom stereocenters. The molecule has 0 fully saturated rings. The smallest absolute Gasteiger partial charge is 0.266 e. The van der Waals surface area contributed by atoms with E-state index in [2.05, 4.69) is 9.97 Å². The predicted octanol–water partition coefficient (Wildman–Crippen LogP) is 5.05. The molecule has 1 aromatic carbocycles. The molecule has 0 amide bonds. The molecular formula is C16H10F4N2O2. The van der Waals surface area contributed by atoms with E-state index in [0.29, 0.717) is 0 Å². The summed E-state index contributed by atoms with van der Waals surface area (Å²) in [6.07, 6.45) is -0.847. The molecular weight excluding hydrogens is 328 g/mol. The molecule has 0 unspecified atom stereocenters. The second-order valence-corrected chi connectivity index (χ2v) is 4.84. The summed E-state index contributed by atoms with van der Waals surface area (Å²) in [5.41, 5.74) is -0.556. The normalized spacial score (nSPS) is 11.1. The van der Waals surface area contributed by atoms with Crippen LogP contribution in [0.2, 0.25) is 0 Å². The van der Waals surface area contributed by atoms with Gasteiger partial charge in [0, 0.05) is 0 Å². The summed E-state index contributed by atoms with van der Waals surface area (Å²) in [6.45, 7) is 1.41. The zero-order chi connectivity index (χ0) is 17.3. The van der Waals surface area contributed by atoms with Crippen LogP contribution in [0.1, 0.15) is 17.7 Å². The molecule has 24 heavy (non-hydrogen) atoms. The van der Waals surface area contributed by atoms with E-state index in [-0.39, 0.29) is 22.8 Å². The van der Waals surface area contributed by atoms with E-state index >= 15 is 0 Å². The molecule has 3 aromatic rings. The lowest BCUT2D eigenvalue weighted by Gasteiger charge is -2.10. The zero-order valence-corrected chi connectivity index (χ0v) is 12.3. The van der Waals surface area contributed by atoms with Crippen molar-refractivity contribution in [2.24, 2.45) is 0 Å². The number of furan rings is 1. The number of alkyl halides is 2. The number of nitrogens with zero attached hydrogens (tertiary/aromatic N) is 2. The quantitative estimate of drug-likeness (QED) is 0.624. The molecule has 0 N–H and O–H groups in total. The first kappa shape index (κ1) is 16.0. The lowest BCUT2D eigenvalue weighted by atomic mass is 10.1. The Kier molecular flexibility index (Phi) is 4.20. The maximum absolute atomic E-state index is 14.2. The van der Waals surface area contributed by atoms with Gasteiger partial charge in [-0.2, -0.15) is 9.37 Å². The molecule has 2 heterocycles. The van der Waals surface area contributed by atoms with Crippen molar-refractivity contribution in [3.63, 3.8) is 0 Å². The van der Waals surface area contributed by atoms with Crippen LogP contribution >= 0.6 is 0 Å². The fourth-order valence-corrected chi connectivity index (χ4v) is 2.04. The van der Waals surface area contributed by atoms with Gasteiger partial charge in [-0.15, -0.1) is 0 Å². The highest BCUT2D eigenvalue weighted by Gasteiger charge is 2.21. The zero-order valence-electron chi connectivity index (χ0n) is 12.3.